The number of methoxy groups -OCH3 is 1. The highest BCUT2D eigenvalue weighted by Gasteiger charge is 2.11. The molecule has 2 aromatic carbocycles. The normalized spacial score (nSPS) is 10.2. The molecule has 0 bridgehead atoms. The van der Waals surface area contributed by atoms with Crippen molar-refractivity contribution in [3.63, 3.8) is 0 Å². The lowest BCUT2D eigenvalue weighted by atomic mass is 10.1. The monoisotopic (exact) mass is 289 g/mol. The van der Waals surface area contributed by atoms with E-state index in [-0.39, 0.29) is 0 Å². The van der Waals surface area contributed by atoms with Gasteiger partial charge in [0, 0.05) is 12.2 Å². The Labute approximate surface area is 123 Å². The zero-order valence-corrected chi connectivity index (χ0v) is 12.2. The second-order valence-corrected chi connectivity index (χ2v) is 4.93. The predicted molar refractivity (Wildman–Crippen MR) is 81.3 cm³/mol. The maximum Gasteiger partial charge on any atom is 0.339 e. The number of hydrogen-bond acceptors (Lipinski definition) is 3. The molecule has 0 aliphatic rings. The van der Waals surface area contributed by atoms with Crippen molar-refractivity contribution in [1.82, 2.24) is 0 Å². The molecule has 0 aliphatic heterocycles. The minimum absolute atomic E-state index is 0.364. The van der Waals surface area contributed by atoms with Crippen LogP contribution in [0.2, 0.25) is 5.02 Å². The van der Waals surface area contributed by atoms with E-state index >= 15 is 0 Å². The van der Waals surface area contributed by atoms with Gasteiger partial charge in [-0.3, -0.25) is 0 Å². The number of halogens is 1. The van der Waals surface area contributed by atoms with Crippen molar-refractivity contribution in [3.8, 4) is 0 Å². The Morgan fingerprint density at radius 1 is 1.20 bits per heavy atom. The number of hydrogen-bond donors (Lipinski definition) is 1. The van der Waals surface area contributed by atoms with Gasteiger partial charge < -0.3 is 10.1 Å². The first kappa shape index (κ1) is 14.4. The fourth-order valence-electron chi connectivity index (χ4n) is 1.81. The lowest BCUT2D eigenvalue weighted by molar-refractivity contribution is 0.0601. The summed E-state index contributed by atoms with van der Waals surface area (Å²) in [4.78, 5) is 11.6. The third kappa shape index (κ3) is 3.52. The van der Waals surface area contributed by atoms with Crippen LogP contribution >= 0.6 is 11.6 Å². The lowest BCUT2D eigenvalue weighted by Crippen LogP contribution is -2.05. The van der Waals surface area contributed by atoms with E-state index in [1.165, 1.54) is 18.2 Å². The van der Waals surface area contributed by atoms with E-state index in [0.29, 0.717) is 17.1 Å². The molecule has 0 radical (unpaired) electrons. The van der Waals surface area contributed by atoms with Crippen molar-refractivity contribution in [2.45, 2.75) is 13.5 Å². The molecule has 0 atom stereocenters. The molecule has 0 aromatic heterocycles. The molecule has 2 rings (SSSR count). The predicted octanol–water partition coefficient (Wildman–Crippen LogP) is 4.05. The summed E-state index contributed by atoms with van der Waals surface area (Å²) in [5, 5.41) is 3.65. The van der Waals surface area contributed by atoms with Crippen LogP contribution in [0.3, 0.4) is 0 Å². The summed E-state index contributed by atoms with van der Waals surface area (Å²) >= 11 is 5.98. The molecule has 0 saturated heterocycles. The van der Waals surface area contributed by atoms with Crippen LogP contribution in [0.25, 0.3) is 0 Å². The molecular formula is C16H16ClNO2. The van der Waals surface area contributed by atoms with Crippen LogP contribution in [-0.4, -0.2) is 13.1 Å². The van der Waals surface area contributed by atoms with E-state index in [4.69, 9.17) is 16.3 Å². The van der Waals surface area contributed by atoms with Crippen molar-refractivity contribution in [1.29, 1.82) is 0 Å². The van der Waals surface area contributed by atoms with Gasteiger partial charge in [-0.05, 0) is 30.7 Å². The van der Waals surface area contributed by atoms with Crippen LogP contribution in [0.15, 0.2) is 42.5 Å². The van der Waals surface area contributed by atoms with Gasteiger partial charge in [-0.25, -0.2) is 4.79 Å². The number of anilines is 1. The molecule has 20 heavy (non-hydrogen) atoms. The number of ether oxygens (including phenoxy) is 1. The van der Waals surface area contributed by atoms with Crippen molar-refractivity contribution in [2.24, 2.45) is 0 Å². The summed E-state index contributed by atoms with van der Waals surface area (Å²) in [5.41, 5.74) is 3.59. The quantitative estimate of drug-likeness (QED) is 0.863. The van der Waals surface area contributed by atoms with Gasteiger partial charge in [-0.1, -0.05) is 41.4 Å². The largest absolute Gasteiger partial charge is 0.465 e. The number of rotatable bonds is 4. The Morgan fingerprint density at radius 3 is 2.55 bits per heavy atom. The van der Waals surface area contributed by atoms with Crippen molar-refractivity contribution >= 4 is 23.3 Å². The number of nitrogens with one attached hydrogen (secondary N) is 1. The first-order chi connectivity index (χ1) is 9.60. The molecule has 0 saturated carbocycles. The van der Waals surface area contributed by atoms with Gasteiger partial charge >= 0.3 is 5.97 Å². The van der Waals surface area contributed by atoms with Gasteiger partial charge in [0.05, 0.1) is 17.7 Å². The first-order valence-corrected chi connectivity index (χ1v) is 6.65. The van der Waals surface area contributed by atoms with Gasteiger partial charge in [-0.2, -0.15) is 0 Å². The molecule has 0 amide bonds. The molecule has 104 valence electrons. The molecule has 4 heteroatoms. The number of esters is 1. The zero-order chi connectivity index (χ0) is 14.5. The topological polar surface area (TPSA) is 38.3 Å². The van der Waals surface area contributed by atoms with Gasteiger partial charge in [0.25, 0.3) is 0 Å². The van der Waals surface area contributed by atoms with Crippen LogP contribution in [0.4, 0.5) is 5.69 Å². The first-order valence-electron chi connectivity index (χ1n) is 6.27. The molecule has 1 N–H and O–H groups in total. The van der Waals surface area contributed by atoms with E-state index < -0.39 is 5.97 Å². The number of benzene rings is 2. The second-order valence-electron chi connectivity index (χ2n) is 4.53. The average molecular weight is 290 g/mol. The van der Waals surface area contributed by atoms with E-state index in [0.717, 1.165) is 5.69 Å². The van der Waals surface area contributed by atoms with Crippen molar-refractivity contribution in [2.75, 3.05) is 12.4 Å². The summed E-state index contributed by atoms with van der Waals surface area (Å²) in [6, 6.07) is 13.5. The van der Waals surface area contributed by atoms with Crippen molar-refractivity contribution in [3.05, 3.63) is 64.2 Å². The van der Waals surface area contributed by atoms with Crippen molar-refractivity contribution < 1.29 is 9.53 Å². The summed E-state index contributed by atoms with van der Waals surface area (Å²) in [7, 11) is 1.34. The van der Waals surface area contributed by atoms with Crippen LogP contribution in [-0.2, 0) is 11.3 Å². The number of aryl methyl sites for hydroxylation is 1. The average Bonchev–Trinajstić information content (AvgIpc) is 2.47. The smallest absolute Gasteiger partial charge is 0.339 e. The van der Waals surface area contributed by atoms with Gasteiger partial charge in [-0.15, -0.1) is 0 Å². The molecular weight excluding hydrogens is 274 g/mol. The van der Waals surface area contributed by atoms with Gasteiger partial charge in [0.1, 0.15) is 0 Å². The van der Waals surface area contributed by atoms with E-state index in [1.54, 1.807) is 12.1 Å². The lowest BCUT2D eigenvalue weighted by Gasteiger charge is -2.09. The third-order valence-corrected chi connectivity index (χ3v) is 3.32. The highest BCUT2D eigenvalue weighted by atomic mass is 35.5. The Bertz CT molecular complexity index is 608. The van der Waals surface area contributed by atoms with E-state index in [9.17, 15) is 4.79 Å². The Balaban J connectivity index is 2.10. The number of carbonyl (C=O) groups is 1. The SMILES string of the molecule is COC(=O)c1cc(NCc2ccc(C)cc2)ccc1Cl. The van der Waals surface area contributed by atoms with Gasteiger partial charge in [0.15, 0.2) is 0 Å². The van der Waals surface area contributed by atoms with Crippen LogP contribution in [0.1, 0.15) is 21.5 Å². The van der Waals surface area contributed by atoms with Crippen LogP contribution in [0.5, 0.6) is 0 Å². The third-order valence-electron chi connectivity index (χ3n) is 2.99. The zero-order valence-electron chi connectivity index (χ0n) is 11.4. The van der Waals surface area contributed by atoms with Gasteiger partial charge in [0.2, 0.25) is 0 Å². The molecule has 3 nitrogen and oxygen atoms in total. The molecule has 0 unspecified atom stereocenters. The Hall–Kier alpha value is -2.00. The minimum Gasteiger partial charge on any atom is -0.465 e. The van der Waals surface area contributed by atoms with Crippen LogP contribution < -0.4 is 5.32 Å². The maximum absolute atomic E-state index is 11.6. The second kappa shape index (κ2) is 6.44. The Morgan fingerprint density at radius 2 is 1.90 bits per heavy atom. The summed E-state index contributed by atoms with van der Waals surface area (Å²) in [5.74, 6) is -0.436. The molecule has 0 fully saturated rings. The van der Waals surface area contributed by atoms with E-state index in [1.807, 2.05) is 6.07 Å². The maximum atomic E-state index is 11.6. The molecule has 0 heterocycles. The van der Waals surface area contributed by atoms with E-state index in [2.05, 4.69) is 36.5 Å². The Kier molecular flexibility index (Phi) is 4.64. The molecule has 2 aromatic rings. The fourth-order valence-corrected chi connectivity index (χ4v) is 2.01. The number of carbonyl (C=O) groups excluding carboxylic acids is 1. The highest BCUT2D eigenvalue weighted by molar-refractivity contribution is 6.33. The molecule has 0 spiro atoms. The molecule has 0 aliphatic carbocycles. The summed E-state index contributed by atoms with van der Waals surface area (Å²) in [6.07, 6.45) is 0. The highest BCUT2D eigenvalue weighted by Crippen LogP contribution is 2.21. The minimum atomic E-state index is -0.436. The summed E-state index contributed by atoms with van der Waals surface area (Å²) < 4.78 is 4.70. The van der Waals surface area contributed by atoms with Crippen LogP contribution in [0, 0.1) is 6.92 Å². The summed E-state index contributed by atoms with van der Waals surface area (Å²) in [6.45, 7) is 2.74. The fraction of sp³-hybridized carbons (Fsp3) is 0.188. The standard InChI is InChI=1S/C16H16ClNO2/c1-11-3-5-12(6-4-11)10-18-13-7-8-15(17)14(9-13)16(19)20-2/h3-9,18H,10H2,1-2H3.